The highest BCUT2D eigenvalue weighted by atomic mass is 16.5. The lowest BCUT2D eigenvalue weighted by molar-refractivity contribution is -0.155. The van der Waals surface area contributed by atoms with Crippen molar-refractivity contribution < 1.29 is 24.2 Å². The van der Waals surface area contributed by atoms with Crippen molar-refractivity contribution in [1.29, 1.82) is 0 Å². The molecule has 2 aliphatic heterocycles. The standard InChI is InChI=1S/C13H21NO5/c15-12(9-19-10-4-7-18-8-5-10)14-6-2-1-3-11(14)13(16)17/h10-11H,1-9H2,(H,16,17). The molecule has 0 saturated carbocycles. The fraction of sp³-hybridized carbons (Fsp3) is 0.846. The van der Waals surface area contributed by atoms with Crippen molar-refractivity contribution in [3.63, 3.8) is 0 Å². The van der Waals surface area contributed by atoms with E-state index in [4.69, 9.17) is 14.6 Å². The second-order valence-electron chi connectivity index (χ2n) is 5.06. The first-order valence-corrected chi connectivity index (χ1v) is 6.90. The van der Waals surface area contributed by atoms with Crippen LogP contribution in [0, 0.1) is 0 Å². The smallest absolute Gasteiger partial charge is 0.326 e. The highest BCUT2D eigenvalue weighted by Crippen LogP contribution is 2.18. The lowest BCUT2D eigenvalue weighted by Crippen LogP contribution is -2.49. The molecule has 6 nitrogen and oxygen atoms in total. The van der Waals surface area contributed by atoms with Crippen molar-refractivity contribution in [1.82, 2.24) is 4.90 Å². The summed E-state index contributed by atoms with van der Waals surface area (Å²) >= 11 is 0. The molecule has 0 aromatic rings. The van der Waals surface area contributed by atoms with E-state index in [1.807, 2.05) is 0 Å². The van der Waals surface area contributed by atoms with Crippen LogP contribution in [-0.2, 0) is 19.1 Å². The van der Waals surface area contributed by atoms with Crippen LogP contribution in [0.3, 0.4) is 0 Å². The Kier molecular flexibility index (Phi) is 5.15. The molecule has 0 aliphatic carbocycles. The van der Waals surface area contributed by atoms with Crippen molar-refractivity contribution in [3.05, 3.63) is 0 Å². The largest absolute Gasteiger partial charge is 0.480 e. The number of amides is 1. The number of aliphatic carboxylic acids is 1. The number of nitrogens with zero attached hydrogens (tertiary/aromatic N) is 1. The normalized spacial score (nSPS) is 25.3. The van der Waals surface area contributed by atoms with Gasteiger partial charge in [0.25, 0.3) is 0 Å². The highest BCUT2D eigenvalue weighted by Gasteiger charge is 2.32. The number of ether oxygens (including phenoxy) is 2. The maximum Gasteiger partial charge on any atom is 0.326 e. The molecule has 2 rings (SSSR count). The van der Waals surface area contributed by atoms with Gasteiger partial charge >= 0.3 is 5.97 Å². The lowest BCUT2D eigenvalue weighted by Gasteiger charge is -2.33. The Morgan fingerprint density at radius 3 is 2.63 bits per heavy atom. The van der Waals surface area contributed by atoms with Gasteiger partial charge in [-0.25, -0.2) is 4.79 Å². The molecule has 0 bridgehead atoms. The third-order valence-electron chi connectivity index (χ3n) is 3.72. The Hall–Kier alpha value is -1.14. The van der Waals surface area contributed by atoms with Crippen LogP contribution in [0.2, 0.25) is 0 Å². The first-order valence-electron chi connectivity index (χ1n) is 6.90. The quantitative estimate of drug-likeness (QED) is 0.812. The fourth-order valence-electron chi connectivity index (χ4n) is 2.60. The zero-order valence-corrected chi connectivity index (χ0v) is 11.0. The zero-order chi connectivity index (χ0) is 13.7. The third kappa shape index (κ3) is 3.91. The van der Waals surface area contributed by atoms with Gasteiger partial charge in [0.15, 0.2) is 0 Å². The van der Waals surface area contributed by atoms with Crippen molar-refractivity contribution in [2.75, 3.05) is 26.4 Å². The number of carbonyl (C=O) groups excluding carboxylic acids is 1. The first kappa shape index (κ1) is 14.3. The van der Waals surface area contributed by atoms with Crippen LogP contribution in [0.4, 0.5) is 0 Å². The van der Waals surface area contributed by atoms with Gasteiger partial charge in [0.05, 0.1) is 6.10 Å². The second-order valence-corrected chi connectivity index (χ2v) is 5.06. The van der Waals surface area contributed by atoms with E-state index >= 15 is 0 Å². The number of carboxylic acids is 1. The Bertz CT molecular complexity index is 327. The van der Waals surface area contributed by atoms with Gasteiger partial charge in [0.1, 0.15) is 12.6 Å². The summed E-state index contributed by atoms with van der Waals surface area (Å²) in [6.45, 7) is 1.84. The predicted molar refractivity (Wildman–Crippen MR) is 66.8 cm³/mol. The predicted octanol–water partition coefficient (Wildman–Crippen LogP) is 0.648. The lowest BCUT2D eigenvalue weighted by atomic mass is 10.0. The monoisotopic (exact) mass is 271 g/mol. The van der Waals surface area contributed by atoms with Crippen LogP contribution < -0.4 is 0 Å². The summed E-state index contributed by atoms with van der Waals surface area (Å²) in [4.78, 5) is 24.6. The minimum atomic E-state index is -0.917. The van der Waals surface area contributed by atoms with Crippen molar-refractivity contribution >= 4 is 11.9 Å². The van der Waals surface area contributed by atoms with Crippen LogP contribution in [0.25, 0.3) is 0 Å². The van der Waals surface area contributed by atoms with E-state index in [9.17, 15) is 9.59 Å². The van der Waals surface area contributed by atoms with E-state index in [0.29, 0.717) is 26.2 Å². The molecule has 108 valence electrons. The number of piperidine rings is 1. The summed E-state index contributed by atoms with van der Waals surface area (Å²) in [6.07, 6.45) is 3.93. The third-order valence-corrected chi connectivity index (χ3v) is 3.72. The van der Waals surface area contributed by atoms with E-state index in [0.717, 1.165) is 25.7 Å². The van der Waals surface area contributed by atoms with Crippen LogP contribution in [0.15, 0.2) is 0 Å². The van der Waals surface area contributed by atoms with Crippen LogP contribution in [0.5, 0.6) is 0 Å². The molecule has 2 saturated heterocycles. The fourth-order valence-corrected chi connectivity index (χ4v) is 2.60. The summed E-state index contributed by atoms with van der Waals surface area (Å²) in [5, 5.41) is 9.12. The second kappa shape index (κ2) is 6.86. The van der Waals surface area contributed by atoms with Gasteiger partial charge in [-0.2, -0.15) is 0 Å². The van der Waals surface area contributed by atoms with E-state index in [1.54, 1.807) is 0 Å². The number of likely N-dealkylation sites (tertiary alicyclic amines) is 1. The molecule has 0 spiro atoms. The minimum absolute atomic E-state index is 0.0194. The average molecular weight is 271 g/mol. The molecule has 0 aromatic carbocycles. The van der Waals surface area contributed by atoms with Gasteiger partial charge < -0.3 is 19.5 Å². The number of carbonyl (C=O) groups is 2. The summed E-state index contributed by atoms with van der Waals surface area (Å²) in [5.41, 5.74) is 0. The van der Waals surface area contributed by atoms with Gasteiger partial charge in [-0.05, 0) is 32.1 Å². The molecule has 1 atom stereocenters. The molecule has 1 N–H and O–H groups in total. The molecule has 6 heteroatoms. The zero-order valence-electron chi connectivity index (χ0n) is 11.0. The van der Waals surface area contributed by atoms with Crippen LogP contribution in [0.1, 0.15) is 32.1 Å². The summed E-state index contributed by atoms with van der Waals surface area (Å²) in [5.74, 6) is -1.13. The van der Waals surface area contributed by atoms with E-state index in [2.05, 4.69) is 0 Å². The van der Waals surface area contributed by atoms with Crippen LogP contribution in [-0.4, -0.2) is 60.4 Å². The number of carboxylic acid groups (broad SMARTS) is 1. The maximum atomic E-state index is 12.1. The Morgan fingerprint density at radius 2 is 1.95 bits per heavy atom. The highest BCUT2D eigenvalue weighted by molar-refractivity contribution is 5.84. The van der Waals surface area contributed by atoms with E-state index in [1.165, 1.54) is 4.90 Å². The van der Waals surface area contributed by atoms with Crippen molar-refractivity contribution in [2.24, 2.45) is 0 Å². The van der Waals surface area contributed by atoms with Gasteiger partial charge in [-0.1, -0.05) is 0 Å². The number of hydrogen-bond donors (Lipinski definition) is 1. The summed E-state index contributed by atoms with van der Waals surface area (Å²) in [6, 6.07) is -0.681. The Morgan fingerprint density at radius 1 is 1.21 bits per heavy atom. The molecule has 0 aromatic heterocycles. The molecule has 1 amide bonds. The molecule has 0 radical (unpaired) electrons. The van der Waals surface area contributed by atoms with Gasteiger partial charge in [-0.3, -0.25) is 4.79 Å². The summed E-state index contributed by atoms with van der Waals surface area (Å²) in [7, 11) is 0. The van der Waals surface area contributed by atoms with Gasteiger partial charge in [0, 0.05) is 19.8 Å². The SMILES string of the molecule is O=C(O)C1CCCCN1C(=O)COC1CCOCC1. The molecular formula is C13H21NO5. The van der Waals surface area contributed by atoms with Gasteiger partial charge in [0.2, 0.25) is 5.91 Å². The summed E-state index contributed by atoms with van der Waals surface area (Å²) < 4.78 is 10.8. The topological polar surface area (TPSA) is 76.1 Å². The maximum absolute atomic E-state index is 12.1. The molecule has 19 heavy (non-hydrogen) atoms. The number of hydrogen-bond acceptors (Lipinski definition) is 4. The van der Waals surface area contributed by atoms with Crippen molar-refractivity contribution in [2.45, 2.75) is 44.2 Å². The Labute approximate surface area is 112 Å². The first-order chi connectivity index (χ1) is 9.18. The molecule has 2 fully saturated rings. The molecule has 1 unspecified atom stereocenters. The molecular weight excluding hydrogens is 250 g/mol. The van der Waals surface area contributed by atoms with Crippen molar-refractivity contribution in [3.8, 4) is 0 Å². The van der Waals surface area contributed by atoms with E-state index < -0.39 is 12.0 Å². The molecule has 2 heterocycles. The number of rotatable bonds is 4. The van der Waals surface area contributed by atoms with Crippen LogP contribution >= 0.6 is 0 Å². The molecule has 2 aliphatic rings. The Balaban J connectivity index is 1.81. The average Bonchev–Trinajstić information content (AvgIpc) is 2.46. The van der Waals surface area contributed by atoms with Gasteiger partial charge in [-0.15, -0.1) is 0 Å². The minimum Gasteiger partial charge on any atom is -0.480 e. The van der Waals surface area contributed by atoms with E-state index in [-0.39, 0.29) is 18.6 Å².